The third-order valence-electron chi connectivity index (χ3n) is 3.12. The van der Waals surface area contributed by atoms with Crippen LogP contribution >= 0.6 is 24.0 Å². The number of thioether (sulfide) groups is 1. The number of aryl methyl sites for hydroxylation is 1. The minimum atomic E-state index is 0.269. The van der Waals surface area contributed by atoms with E-state index < -0.39 is 0 Å². The summed E-state index contributed by atoms with van der Waals surface area (Å²) in [6, 6.07) is 8.60. The Morgan fingerprint density at radius 2 is 2.14 bits per heavy atom. The predicted molar refractivity (Wildman–Crippen MR) is 91.0 cm³/mol. The van der Waals surface area contributed by atoms with E-state index >= 15 is 0 Å². The molecule has 1 aromatic rings. The minimum absolute atomic E-state index is 0.269. The lowest BCUT2D eigenvalue weighted by Gasteiger charge is -2.17. The van der Waals surface area contributed by atoms with E-state index in [1.54, 1.807) is 11.8 Å². The Labute approximate surface area is 136 Å². The predicted octanol–water partition coefficient (Wildman–Crippen LogP) is 3.38. The van der Waals surface area contributed by atoms with Crippen LogP contribution in [0.2, 0.25) is 0 Å². The van der Waals surface area contributed by atoms with Gasteiger partial charge in [-0.2, -0.15) is 0 Å². The Morgan fingerprint density at radius 1 is 1.43 bits per heavy atom. The summed E-state index contributed by atoms with van der Waals surface area (Å²) in [7, 11) is 0. The highest BCUT2D eigenvalue weighted by atomic mass is 32.2. The van der Waals surface area contributed by atoms with Crippen LogP contribution < -0.4 is 0 Å². The first-order valence-electron chi connectivity index (χ1n) is 7.25. The Balaban J connectivity index is 1.85. The van der Waals surface area contributed by atoms with E-state index in [0.717, 1.165) is 13.0 Å². The quantitative estimate of drug-likeness (QED) is 0.540. The second-order valence-corrected chi connectivity index (χ2v) is 7.01. The fourth-order valence-corrected chi connectivity index (χ4v) is 3.33. The zero-order chi connectivity index (χ0) is 15.1. The molecule has 1 heterocycles. The van der Waals surface area contributed by atoms with Gasteiger partial charge in [0.05, 0.1) is 26.4 Å². The van der Waals surface area contributed by atoms with Crippen molar-refractivity contribution in [2.24, 2.45) is 0 Å². The molecule has 0 spiro atoms. The monoisotopic (exact) mass is 326 g/mol. The van der Waals surface area contributed by atoms with Gasteiger partial charge < -0.3 is 14.2 Å². The van der Waals surface area contributed by atoms with Gasteiger partial charge in [0.2, 0.25) is 4.38 Å². The van der Waals surface area contributed by atoms with Gasteiger partial charge >= 0.3 is 0 Å². The SMILES string of the molecule is CCOC(=S)SC(COCC1CO1)Cc1ccc(C)cc1. The molecule has 116 valence electrons. The van der Waals surface area contributed by atoms with Gasteiger partial charge in [-0.1, -0.05) is 41.6 Å². The van der Waals surface area contributed by atoms with Crippen molar-refractivity contribution in [2.45, 2.75) is 31.6 Å². The summed E-state index contributed by atoms with van der Waals surface area (Å²) in [6.07, 6.45) is 1.22. The second-order valence-electron chi connectivity index (χ2n) is 5.11. The molecule has 0 aliphatic carbocycles. The van der Waals surface area contributed by atoms with Crippen LogP contribution in [0, 0.1) is 6.92 Å². The first-order chi connectivity index (χ1) is 10.2. The molecule has 2 rings (SSSR count). The first kappa shape index (κ1) is 16.7. The number of benzene rings is 1. The summed E-state index contributed by atoms with van der Waals surface area (Å²) in [4.78, 5) is 0. The van der Waals surface area contributed by atoms with E-state index in [4.69, 9.17) is 26.4 Å². The molecule has 1 aromatic carbocycles. The summed E-state index contributed by atoms with van der Waals surface area (Å²) in [6.45, 7) is 6.81. The van der Waals surface area contributed by atoms with Crippen LogP contribution in [0.3, 0.4) is 0 Å². The summed E-state index contributed by atoms with van der Waals surface area (Å²) >= 11 is 6.83. The molecule has 1 aliphatic heterocycles. The average Bonchev–Trinajstić information content (AvgIpc) is 3.25. The molecule has 0 aromatic heterocycles. The number of hydrogen-bond donors (Lipinski definition) is 0. The van der Waals surface area contributed by atoms with Crippen molar-refractivity contribution in [3.05, 3.63) is 35.4 Å². The van der Waals surface area contributed by atoms with E-state index in [1.807, 2.05) is 6.92 Å². The molecule has 3 nitrogen and oxygen atoms in total. The molecule has 1 aliphatic rings. The lowest BCUT2D eigenvalue weighted by molar-refractivity contribution is 0.117. The average molecular weight is 326 g/mol. The van der Waals surface area contributed by atoms with Crippen LogP contribution in [-0.2, 0) is 20.6 Å². The van der Waals surface area contributed by atoms with Crippen LogP contribution in [-0.4, -0.2) is 42.2 Å². The molecule has 2 atom stereocenters. The van der Waals surface area contributed by atoms with Crippen molar-refractivity contribution >= 4 is 28.4 Å². The van der Waals surface area contributed by atoms with E-state index in [2.05, 4.69) is 31.2 Å². The van der Waals surface area contributed by atoms with Gasteiger partial charge in [-0.25, -0.2) is 0 Å². The van der Waals surface area contributed by atoms with E-state index in [-0.39, 0.29) is 5.25 Å². The highest BCUT2D eigenvalue weighted by Gasteiger charge is 2.23. The van der Waals surface area contributed by atoms with Crippen molar-refractivity contribution in [3.8, 4) is 0 Å². The number of ether oxygens (including phenoxy) is 3. The molecule has 5 heteroatoms. The zero-order valence-corrected chi connectivity index (χ0v) is 14.2. The Morgan fingerprint density at radius 3 is 2.76 bits per heavy atom. The number of hydrogen-bond acceptors (Lipinski definition) is 5. The van der Waals surface area contributed by atoms with Crippen molar-refractivity contribution in [1.82, 2.24) is 0 Å². The van der Waals surface area contributed by atoms with Crippen LogP contribution in [0.5, 0.6) is 0 Å². The van der Waals surface area contributed by atoms with Crippen molar-refractivity contribution in [3.63, 3.8) is 0 Å². The molecule has 0 bridgehead atoms. The highest BCUT2D eigenvalue weighted by Crippen LogP contribution is 2.21. The van der Waals surface area contributed by atoms with Gasteiger partial charge in [0, 0.05) is 5.25 Å². The van der Waals surface area contributed by atoms with E-state index in [1.165, 1.54) is 11.1 Å². The first-order valence-corrected chi connectivity index (χ1v) is 8.54. The molecule has 0 amide bonds. The Bertz CT molecular complexity index is 443. The molecule has 2 unspecified atom stereocenters. The molecular formula is C16H22O3S2. The highest BCUT2D eigenvalue weighted by molar-refractivity contribution is 8.23. The van der Waals surface area contributed by atoms with Crippen molar-refractivity contribution < 1.29 is 14.2 Å². The molecule has 0 saturated carbocycles. The molecule has 21 heavy (non-hydrogen) atoms. The van der Waals surface area contributed by atoms with Gasteiger partial charge in [0.1, 0.15) is 6.10 Å². The topological polar surface area (TPSA) is 31.0 Å². The zero-order valence-electron chi connectivity index (χ0n) is 12.5. The summed E-state index contributed by atoms with van der Waals surface area (Å²) in [5.74, 6) is 0. The van der Waals surface area contributed by atoms with Gasteiger partial charge in [0.25, 0.3) is 0 Å². The normalized spacial score (nSPS) is 18.3. The Kier molecular flexibility index (Phi) is 6.96. The van der Waals surface area contributed by atoms with E-state index in [9.17, 15) is 0 Å². The number of thiocarbonyl (C=S) groups is 1. The molecule has 1 saturated heterocycles. The molecule has 0 radical (unpaired) electrons. The number of rotatable bonds is 8. The van der Waals surface area contributed by atoms with Crippen LogP contribution in [0.25, 0.3) is 0 Å². The maximum atomic E-state index is 5.73. The lowest BCUT2D eigenvalue weighted by Crippen LogP contribution is -2.19. The maximum absolute atomic E-state index is 5.73. The van der Waals surface area contributed by atoms with E-state index in [0.29, 0.717) is 30.3 Å². The van der Waals surface area contributed by atoms with Crippen LogP contribution in [0.15, 0.2) is 24.3 Å². The summed E-state index contributed by atoms with van der Waals surface area (Å²) < 4.78 is 16.9. The number of epoxide rings is 1. The molecular weight excluding hydrogens is 304 g/mol. The second kappa shape index (κ2) is 8.73. The Hall–Kier alpha value is -0.620. The maximum Gasteiger partial charge on any atom is 0.220 e. The summed E-state index contributed by atoms with van der Waals surface area (Å²) in [5, 5.41) is 0.269. The van der Waals surface area contributed by atoms with Gasteiger partial charge in [0.15, 0.2) is 0 Å². The van der Waals surface area contributed by atoms with Crippen molar-refractivity contribution in [1.29, 1.82) is 0 Å². The molecule has 0 N–H and O–H groups in total. The fourth-order valence-electron chi connectivity index (χ4n) is 1.90. The van der Waals surface area contributed by atoms with Gasteiger partial charge in [-0.3, -0.25) is 0 Å². The van der Waals surface area contributed by atoms with Gasteiger partial charge in [-0.15, -0.1) is 0 Å². The largest absolute Gasteiger partial charge is 0.479 e. The lowest BCUT2D eigenvalue weighted by atomic mass is 10.1. The van der Waals surface area contributed by atoms with Gasteiger partial charge in [-0.05, 0) is 38.0 Å². The minimum Gasteiger partial charge on any atom is -0.479 e. The van der Waals surface area contributed by atoms with Crippen molar-refractivity contribution in [2.75, 3.05) is 26.4 Å². The summed E-state index contributed by atoms with van der Waals surface area (Å²) in [5.41, 5.74) is 2.57. The smallest absolute Gasteiger partial charge is 0.220 e. The van der Waals surface area contributed by atoms with Crippen LogP contribution in [0.1, 0.15) is 18.1 Å². The third-order valence-corrected chi connectivity index (χ3v) is 4.47. The third kappa shape index (κ3) is 6.78. The molecule has 1 fully saturated rings. The fraction of sp³-hybridized carbons (Fsp3) is 0.562. The van der Waals surface area contributed by atoms with Crippen LogP contribution in [0.4, 0.5) is 0 Å². The standard InChI is InChI=1S/C16H22O3S2/c1-3-18-16(20)21-15(11-17-9-14-10-19-14)8-13-6-4-12(2)5-7-13/h4-7,14-15H,3,8-11H2,1-2H3.